The molecule has 0 fully saturated rings. The van der Waals surface area contributed by atoms with E-state index in [0.29, 0.717) is 24.9 Å². The number of nitrogens with zero attached hydrogens (tertiary/aromatic N) is 1. The summed E-state index contributed by atoms with van der Waals surface area (Å²) in [6.07, 6.45) is 5.62. The van der Waals surface area contributed by atoms with Crippen molar-refractivity contribution in [2.24, 2.45) is 5.16 Å². The third-order valence-electron chi connectivity index (χ3n) is 3.47. The Morgan fingerprint density at radius 1 is 1.05 bits per heavy atom. The van der Waals surface area contributed by atoms with Crippen LogP contribution in [-0.2, 0) is 0 Å². The molecule has 0 atom stereocenters. The Morgan fingerprint density at radius 3 is 2.14 bits per heavy atom. The molecule has 0 aliphatic heterocycles. The van der Waals surface area contributed by atoms with Crippen LogP contribution in [-0.4, -0.2) is 24.6 Å². The average Bonchev–Trinajstić information content (AvgIpc) is 2.49. The molecule has 4 nitrogen and oxygen atoms in total. The van der Waals surface area contributed by atoms with Crippen molar-refractivity contribution in [3.63, 3.8) is 0 Å². The van der Waals surface area contributed by atoms with Gasteiger partial charge in [-0.2, -0.15) is 0 Å². The Hall–Kier alpha value is -1.71. The molecule has 124 valence electrons. The first-order chi connectivity index (χ1) is 10.6. The number of unbranched alkanes of at least 4 members (excludes halogenated alkanes) is 2. The fourth-order valence-corrected chi connectivity index (χ4v) is 2.11. The SMILES string of the molecule is CCCCOc1cc(OCCCC)c(C(C)C)cc1/C=N/O. The largest absolute Gasteiger partial charge is 0.493 e. The zero-order valence-corrected chi connectivity index (χ0v) is 14.3. The second-order valence-corrected chi connectivity index (χ2v) is 5.73. The van der Waals surface area contributed by atoms with E-state index >= 15 is 0 Å². The second-order valence-electron chi connectivity index (χ2n) is 5.73. The van der Waals surface area contributed by atoms with Gasteiger partial charge in [0.15, 0.2) is 0 Å². The maximum atomic E-state index is 8.87. The Labute approximate surface area is 134 Å². The molecule has 1 rings (SSSR count). The highest BCUT2D eigenvalue weighted by Gasteiger charge is 2.14. The molecule has 0 saturated heterocycles. The van der Waals surface area contributed by atoms with Crippen LogP contribution in [0, 0.1) is 0 Å². The Kier molecular flexibility index (Phi) is 8.41. The van der Waals surface area contributed by atoms with Crippen LogP contribution in [0.3, 0.4) is 0 Å². The number of ether oxygens (including phenoxy) is 2. The third-order valence-corrected chi connectivity index (χ3v) is 3.47. The van der Waals surface area contributed by atoms with E-state index in [1.165, 1.54) is 6.21 Å². The number of hydrogen-bond acceptors (Lipinski definition) is 4. The monoisotopic (exact) mass is 307 g/mol. The Bertz CT molecular complexity index is 470. The Morgan fingerprint density at radius 2 is 1.64 bits per heavy atom. The lowest BCUT2D eigenvalue weighted by molar-refractivity contribution is 0.290. The first-order valence-electron chi connectivity index (χ1n) is 8.24. The summed E-state index contributed by atoms with van der Waals surface area (Å²) in [5, 5.41) is 12.0. The van der Waals surface area contributed by atoms with Crippen LogP contribution in [0.2, 0.25) is 0 Å². The number of hydrogen-bond donors (Lipinski definition) is 1. The third kappa shape index (κ3) is 5.58. The normalized spacial score (nSPS) is 11.3. The van der Waals surface area contributed by atoms with Gasteiger partial charge in [-0.05, 0) is 30.4 Å². The van der Waals surface area contributed by atoms with E-state index in [2.05, 4.69) is 32.9 Å². The molecular weight excluding hydrogens is 278 g/mol. The summed E-state index contributed by atoms with van der Waals surface area (Å²) in [4.78, 5) is 0. The molecular formula is C18H29NO3. The van der Waals surface area contributed by atoms with Crippen LogP contribution in [0.1, 0.15) is 70.4 Å². The standard InChI is InChI=1S/C18H29NO3/c1-5-7-9-21-17-12-18(22-10-8-6-2)16(14(3)4)11-15(17)13-19-20/h11-14,20H,5-10H2,1-4H3/b19-13+. The maximum Gasteiger partial charge on any atom is 0.131 e. The smallest absolute Gasteiger partial charge is 0.131 e. The molecule has 22 heavy (non-hydrogen) atoms. The molecule has 0 spiro atoms. The molecule has 0 unspecified atom stereocenters. The van der Waals surface area contributed by atoms with Crippen LogP contribution >= 0.6 is 0 Å². The minimum absolute atomic E-state index is 0.326. The Balaban J connectivity index is 3.08. The zero-order chi connectivity index (χ0) is 16.4. The van der Waals surface area contributed by atoms with E-state index in [4.69, 9.17) is 14.7 Å². The summed E-state index contributed by atoms with van der Waals surface area (Å²) < 4.78 is 11.8. The zero-order valence-electron chi connectivity index (χ0n) is 14.3. The fraction of sp³-hybridized carbons (Fsp3) is 0.611. The van der Waals surface area contributed by atoms with Gasteiger partial charge < -0.3 is 14.7 Å². The summed E-state index contributed by atoms with van der Waals surface area (Å²) in [7, 11) is 0. The molecule has 0 aliphatic rings. The number of oxime groups is 1. The second kappa shape index (κ2) is 10.1. The van der Waals surface area contributed by atoms with Crippen molar-refractivity contribution >= 4 is 6.21 Å². The van der Waals surface area contributed by atoms with E-state index in [-0.39, 0.29) is 0 Å². The van der Waals surface area contributed by atoms with Crippen molar-refractivity contribution in [2.45, 2.75) is 59.3 Å². The lowest BCUT2D eigenvalue weighted by Crippen LogP contribution is -2.05. The van der Waals surface area contributed by atoms with Crippen molar-refractivity contribution in [3.05, 3.63) is 23.3 Å². The number of rotatable bonds is 10. The summed E-state index contributed by atoms with van der Waals surface area (Å²) >= 11 is 0. The van der Waals surface area contributed by atoms with E-state index in [1.807, 2.05) is 12.1 Å². The minimum Gasteiger partial charge on any atom is -0.493 e. The summed E-state index contributed by atoms with van der Waals surface area (Å²) in [6.45, 7) is 9.88. The van der Waals surface area contributed by atoms with Gasteiger partial charge in [0, 0.05) is 11.6 Å². The maximum absolute atomic E-state index is 8.87. The van der Waals surface area contributed by atoms with E-state index in [9.17, 15) is 0 Å². The van der Waals surface area contributed by atoms with Gasteiger partial charge in [-0.3, -0.25) is 0 Å². The van der Waals surface area contributed by atoms with Crippen molar-refractivity contribution < 1.29 is 14.7 Å². The van der Waals surface area contributed by atoms with E-state index in [1.54, 1.807) is 0 Å². The topological polar surface area (TPSA) is 51.0 Å². The van der Waals surface area contributed by atoms with Crippen LogP contribution in [0.5, 0.6) is 11.5 Å². The molecule has 1 aromatic carbocycles. The van der Waals surface area contributed by atoms with Crippen molar-refractivity contribution in [2.75, 3.05) is 13.2 Å². The molecule has 0 radical (unpaired) electrons. The van der Waals surface area contributed by atoms with Crippen LogP contribution in [0.15, 0.2) is 17.3 Å². The van der Waals surface area contributed by atoms with Gasteiger partial charge in [0.05, 0.1) is 19.4 Å². The molecule has 0 aromatic heterocycles. The highest BCUT2D eigenvalue weighted by Crippen LogP contribution is 2.33. The average molecular weight is 307 g/mol. The summed E-state index contributed by atoms with van der Waals surface area (Å²) in [5.41, 5.74) is 1.89. The van der Waals surface area contributed by atoms with E-state index < -0.39 is 0 Å². The molecule has 0 amide bonds. The molecule has 0 heterocycles. The minimum atomic E-state index is 0.326. The first kappa shape index (κ1) is 18.3. The highest BCUT2D eigenvalue weighted by atomic mass is 16.5. The van der Waals surface area contributed by atoms with Crippen LogP contribution in [0.4, 0.5) is 0 Å². The lowest BCUT2D eigenvalue weighted by Gasteiger charge is -2.18. The first-order valence-corrected chi connectivity index (χ1v) is 8.24. The lowest BCUT2D eigenvalue weighted by atomic mass is 9.99. The molecule has 1 aromatic rings. The van der Waals surface area contributed by atoms with Crippen molar-refractivity contribution in [3.8, 4) is 11.5 Å². The summed E-state index contributed by atoms with van der Waals surface area (Å²) in [6, 6.07) is 3.92. The molecule has 0 saturated carbocycles. The van der Waals surface area contributed by atoms with Gasteiger partial charge in [-0.1, -0.05) is 45.7 Å². The molecule has 0 aliphatic carbocycles. The van der Waals surface area contributed by atoms with E-state index in [0.717, 1.165) is 42.6 Å². The predicted molar refractivity (Wildman–Crippen MR) is 90.7 cm³/mol. The van der Waals surface area contributed by atoms with Gasteiger partial charge in [0.1, 0.15) is 11.5 Å². The van der Waals surface area contributed by atoms with Crippen molar-refractivity contribution in [1.29, 1.82) is 0 Å². The predicted octanol–water partition coefficient (Wildman–Crippen LogP) is 4.98. The van der Waals surface area contributed by atoms with Crippen molar-refractivity contribution in [1.82, 2.24) is 0 Å². The van der Waals surface area contributed by atoms with Gasteiger partial charge in [-0.15, -0.1) is 0 Å². The number of benzene rings is 1. The fourth-order valence-electron chi connectivity index (χ4n) is 2.11. The molecule has 0 bridgehead atoms. The van der Waals surface area contributed by atoms with Gasteiger partial charge in [0.2, 0.25) is 0 Å². The quantitative estimate of drug-likeness (QED) is 0.287. The molecule has 1 N–H and O–H groups in total. The molecule has 4 heteroatoms. The van der Waals surface area contributed by atoms with Gasteiger partial charge in [0.25, 0.3) is 0 Å². The highest BCUT2D eigenvalue weighted by molar-refractivity contribution is 5.84. The van der Waals surface area contributed by atoms with Gasteiger partial charge >= 0.3 is 0 Å². The van der Waals surface area contributed by atoms with Gasteiger partial charge in [-0.25, -0.2) is 0 Å². The van der Waals surface area contributed by atoms with Crippen LogP contribution in [0.25, 0.3) is 0 Å². The summed E-state index contributed by atoms with van der Waals surface area (Å²) in [5.74, 6) is 1.90. The van der Waals surface area contributed by atoms with Crippen LogP contribution < -0.4 is 9.47 Å².